The Bertz CT molecular complexity index is 495. The average molecular weight is 403 g/mol. The fourth-order valence-electron chi connectivity index (χ4n) is 2.37. The first-order valence-electron chi connectivity index (χ1n) is 7.81. The summed E-state index contributed by atoms with van der Waals surface area (Å²) in [6.07, 6.45) is 2.49. The van der Waals surface area contributed by atoms with Crippen LogP contribution in [0.25, 0.3) is 0 Å². The van der Waals surface area contributed by atoms with E-state index in [1.807, 2.05) is 6.92 Å². The maximum absolute atomic E-state index is 5.94. The zero-order valence-electron chi connectivity index (χ0n) is 13.7. The first-order valence-corrected chi connectivity index (χ1v) is 8.89. The quantitative estimate of drug-likeness (QED) is 0.720. The molecule has 0 saturated heterocycles. The van der Waals surface area contributed by atoms with E-state index >= 15 is 0 Å². The van der Waals surface area contributed by atoms with Crippen molar-refractivity contribution < 1.29 is 4.74 Å². The van der Waals surface area contributed by atoms with Crippen molar-refractivity contribution in [3.8, 4) is 0 Å². The molecule has 1 aliphatic carbocycles. The van der Waals surface area contributed by atoms with Crippen molar-refractivity contribution in [3.63, 3.8) is 0 Å². The average Bonchev–Trinajstić information content (AvgIpc) is 3.22. The highest BCUT2D eigenvalue weighted by Crippen LogP contribution is 2.43. The van der Waals surface area contributed by atoms with Crippen LogP contribution in [0.15, 0.2) is 0 Å². The summed E-state index contributed by atoms with van der Waals surface area (Å²) in [5.74, 6) is 2.38. The van der Waals surface area contributed by atoms with Crippen LogP contribution in [-0.4, -0.2) is 23.1 Å². The molecule has 0 spiro atoms. The molecule has 0 radical (unpaired) electrons. The molecule has 2 rings (SSSR count). The molecular formula is C16H26IN3O. The second-order valence-corrected chi connectivity index (χ2v) is 7.67. The van der Waals surface area contributed by atoms with E-state index in [2.05, 4.69) is 55.6 Å². The first kappa shape index (κ1) is 16.9. The summed E-state index contributed by atoms with van der Waals surface area (Å²) in [7, 11) is 0. The van der Waals surface area contributed by atoms with E-state index in [0.29, 0.717) is 12.5 Å². The Kier molecular flexibility index (Phi) is 5.46. The van der Waals surface area contributed by atoms with E-state index in [1.165, 1.54) is 12.8 Å². The summed E-state index contributed by atoms with van der Waals surface area (Å²) in [5.41, 5.74) is 1.10. The smallest absolute Gasteiger partial charge is 0.160 e. The van der Waals surface area contributed by atoms with Crippen molar-refractivity contribution in [2.24, 2.45) is 5.92 Å². The Morgan fingerprint density at radius 2 is 1.95 bits per heavy atom. The molecular weight excluding hydrogens is 377 g/mol. The van der Waals surface area contributed by atoms with Gasteiger partial charge in [-0.25, -0.2) is 9.97 Å². The summed E-state index contributed by atoms with van der Waals surface area (Å²) in [6.45, 7) is 12.3. The van der Waals surface area contributed by atoms with Crippen LogP contribution in [0.3, 0.4) is 0 Å². The lowest BCUT2D eigenvalue weighted by molar-refractivity contribution is 0.0398. The number of nitrogens with zero attached hydrogens (tertiary/aromatic N) is 2. The van der Waals surface area contributed by atoms with Crippen LogP contribution in [-0.2, 0) is 10.2 Å². The zero-order valence-corrected chi connectivity index (χ0v) is 15.8. The summed E-state index contributed by atoms with van der Waals surface area (Å²) < 4.78 is 7.06. The van der Waals surface area contributed by atoms with Gasteiger partial charge in [0, 0.05) is 18.6 Å². The molecule has 1 aliphatic rings. The van der Waals surface area contributed by atoms with Crippen molar-refractivity contribution in [3.05, 3.63) is 15.1 Å². The van der Waals surface area contributed by atoms with Gasteiger partial charge in [-0.3, -0.25) is 0 Å². The lowest BCUT2D eigenvalue weighted by Gasteiger charge is -2.24. The van der Waals surface area contributed by atoms with Gasteiger partial charge in [0.05, 0.1) is 9.26 Å². The van der Waals surface area contributed by atoms with E-state index in [-0.39, 0.29) is 11.5 Å². The zero-order chi connectivity index (χ0) is 15.6. The molecule has 0 aliphatic heterocycles. The van der Waals surface area contributed by atoms with Crippen molar-refractivity contribution in [1.29, 1.82) is 0 Å². The molecule has 1 aromatic heterocycles. The topological polar surface area (TPSA) is 47.0 Å². The predicted octanol–water partition coefficient (Wildman–Crippen LogP) is 4.30. The maximum atomic E-state index is 5.94. The van der Waals surface area contributed by atoms with E-state index < -0.39 is 0 Å². The molecule has 1 aromatic rings. The van der Waals surface area contributed by atoms with Crippen LogP contribution < -0.4 is 5.32 Å². The molecule has 1 heterocycles. The van der Waals surface area contributed by atoms with E-state index in [4.69, 9.17) is 14.7 Å². The second kappa shape index (κ2) is 6.77. The lowest BCUT2D eigenvalue weighted by Crippen LogP contribution is -2.22. The van der Waals surface area contributed by atoms with E-state index in [9.17, 15) is 0 Å². The molecule has 1 N–H and O–H groups in total. The number of hydrogen-bond donors (Lipinski definition) is 1. The van der Waals surface area contributed by atoms with Gasteiger partial charge in [0.1, 0.15) is 11.9 Å². The Hall–Kier alpha value is -0.430. The van der Waals surface area contributed by atoms with E-state index in [1.54, 1.807) is 0 Å². The van der Waals surface area contributed by atoms with Crippen LogP contribution in [0.5, 0.6) is 0 Å². The second-order valence-electron chi connectivity index (χ2n) is 6.59. The third-order valence-electron chi connectivity index (χ3n) is 3.57. The van der Waals surface area contributed by atoms with Gasteiger partial charge >= 0.3 is 0 Å². The molecule has 1 fully saturated rings. The summed E-state index contributed by atoms with van der Waals surface area (Å²) in [5, 5.41) is 3.37. The van der Waals surface area contributed by atoms with Crippen molar-refractivity contribution in [2.45, 2.75) is 59.0 Å². The minimum absolute atomic E-state index is 0.00129. The number of aromatic nitrogens is 2. The standard InChI is InChI=1S/C16H26IN3O/c1-6-18-14-11(17)13(16(3,4)5)19-15(20-14)12(21-7-2)10-8-9-10/h10,12H,6-9H2,1-5H3,(H,18,19,20). The van der Waals surface area contributed by atoms with Crippen molar-refractivity contribution >= 4 is 28.4 Å². The molecule has 0 bridgehead atoms. The van der Waals surface area contributed by atoms with Gasteiger partial charge in [0.15, 0.2) is 5.82 Å². The number of ether oxygens (including phenoxy) is 1. The molecule has 4 nitrogen and oxygen atoms in total. The van der Waals surface area contributed by atoms with Gasteiger partial charge < -0.3 is 10.1 Å². The molecule has 118 valence electrons. The fraction of sp³-hybridized carbons (Fsp3) is 0.750. The lowest BCUT2D eigenvalue weighted by atomic mass is 9.91. The maximum Gasteiger partial charge on any atom is 0.160 e. The minimum atomic E-state index is -0.00129. The van der Waals surface area contributed by atoms with E-state index in [0.717, 1.165) is 27.5 Å². The molecule has 1 unspecified atom stereocenters. The Labute approximate surface area is 141 Å². The van der Waals surface area contributed by atoms with Gasteiger partial charge in [-0.2, -0.15) is 0 Å². The Morgan fingerprint density at radius 3 is 2.43 bits per heavy atom. The molecule has 1 saturated carbocycles. The Morgan fingerprint density at radius 1 is 1.29 bits per heavy atom. The van der Waals surface area contributed by atoms with Crippen LogP contribution in [0.1, 0.15) is 65.1 Å². The van der Waals surface area contributed by atoms with Gasteiger partial charge in [-0.05, 0) is 55.2 Å². The monoisotopic (exact) mass is 403 g/mol. The van der Waals surface area contributed by atoms with Crippen LogP contribution >= 0.6 is 22.6 Å². The number of nitrogens with one attached hydrogen (secondary N) is 1. The first-order chi connectivity index (χ1) is 9.88. The van der Waals surface area contributed by atoms with Gasteiger partial charge in [-0.1, -0.05) is 20.8 Å². The molecule has 5 heteroatoms. The van der Waals surface area contributed by atoms with Gasteiger partial charge in [0.25, 0.3) is 0 Å². The fourth-order valence-corrected chi connectivity index (χ4v) is 3.61. The van der Waals surface area contributed by atoms with Crippen LogP contribution in [0.4, 0.5) is 5.82 Å². The normalized spacial score (nSPS) is 16.9. The highest BCUT2D eigenvalue weighted by atomic mass is 127. The molecule has 0 aromatic carbocycles. The summed E-state index contributed by atoms with van der Waals surface area (Å²) in [4.78, 5) is 9.64. The highest BCUT2D eigenvalue weighted by Gasteiger charge is 2.36. The number of anilines is 1. The van der Waals surface area contributed by atoms with Crippen molar-refractivity contribution in [2.75, 3.05) is 18.5 Å². The van der Waals surface area contributed by atoms with Crippen LogP contribution in [0.2, 0.25) is 0 Å². The molecule has 21 heavy (non-hydrogen) atoms. The van der Waals surface area contributed by atoms with Gasteiger partial charge in [0.2, 0.25) is 0 Å². The predicted molar refractivity (Wildman–Crippen MR) is 94.7 cm³/mol. The van der Waals surface area contributed by atoms with Gasteiger partial charge in [-0.15, -0.1) is 0 Å². The minimum Gasteiger partial charge on any atom is -0.370 e. The summed E-state index contributed by atoms with van der Waals surface area (Å²) in [6, 6.07) is 0. The third kappa shape index (κ3) is 4.06. The molecule has 0 amide bonds. The summed E-state index contributed by atoms with van der Waals surface area (Å²) >= 11 is 2.36. The number of halogens is 1. The number of rotatable bonds is 6. The number of hydrogen-bond acceptors (Lipinski definition) is 4. The Balaban J connectivity index is 2.47. The third-order valence-corrected chi connectivity index (χ3v) is 4.60. The SMILES string of the molecule is CCNc1nc(C(OCC)C2CC2)nc(C(C)(C)C)c1I. The van der Waals surface area contributed by atoms with Crippen LogP contribution in [0, 0.1) is 9.49 Å². The van der Waals surface area contributed by atoms with Crippen molar-refractivity contribution in [1.82, 2.24) is 9.97 Å². The molecule has 1 atom stereocenters. The highest BCUT2D eigenvalue weighted by molar-refractivity contribution is 14.1. The largest absolute Gasteiger partial charge is 0.370 e.